The molecule has 0 atom stereocenters. The molecule has 0 bridgehead atoms. The summed E-state index contributed by atoms with van der Waals surface area (Å²) in [4.78, 5) is 11.9. The first-order valence-electron chi connectivity index (χ1n) is 4.98. The predicted octanol–water partition coefficient (Wildman–Crippen LogP) is 1.28. The van der Waals surface area contributed by atoms with Crippen LogP contribution in [0, 0.1) is 6.92 Å². The highest BCUT2D eigenvalue weighted by atomic mass is 14.9. The van der Waals surface area contributed by atoms with Crippen molar-refractivity contribution in [2.75, 3.05) is 6.54 Å². The van der Waals surface area contributed by atoms with E-state index in [0.29, 0.717) is 6.54 Å². The number of aromatic amines is 1. The summed E-state index contributed by atoms with van der Waals surface area (Å²) in [5.74, 6) is 0.808. The smallest absolute Gasteiger partial charge is 0.130 e. The van der Waals surface area contributed by atoms with Crippen LogP contribution in [0.5, 0.6) is 0 Å². The highest BCUT2D eigenvalue weighted by Crippen LogP contribution is 2.15. The maximum absolute atomic E-state index is 5.49. The molecule has 0 spiro atoms. The van der Waals surface area contributed by atoms with Crippen LogP contribution in [0.25, 0.3) is 11.4 Å². The van der Waals surface area contributed by atoms with Gasteiger partial charge in [-0.3, -0.25) is 0 Å². The van der Waals surface area contributed by atoms with Crippen LogP contribution in [0.1, 0.15) is 11.5 Å². The van der Waals surface area contributed by atoms with Crippen LogP contribution >= 0.6 is 0 Å². The number of nitrogens with zero attached hydrogens (tertiary/aromatic N) is 2. The Morgan fingerprint density at radius 1 is 1.40 bits per heavy atom. The van der Waals surface area contributed by atoms with Crippen LogP contribution < -0.4 is 5.73 Å². The zero-order valence-corrected chi connectivity index (χ0v) is 8.70. The number of hydrogen-bond acceptors (Lipinski definition) is 3. The van der Waals surface area contributed by atoms with Gasteiger partial charge in [-0.05, 0) is 31.7 Å². The van der Waals surface area contributed by atoms with Crippen LogP contribution in [0.3, 0.4) is 0 Å². The van der Waals surface area contributed by atoms with Crippen molar-refractivity contribution in [3.8, 4) is 11.4 Å². The maximum atomic E-state index is 5.49. The number of hydrogen-bond donors (Lipinski definition) is 2. The highest BCUT2D eigenvalue weighted by molar-refractivity contribution is 5.54. The number of nitrogens with two attached hydrogens (primary N) is 1. The standard InChI is InChI=1S/C11H14N4/c1-8-7-10(9-3-2-6-13-9)15-11(14-8)4-5-12/h2-3,6-7,13H,4-5,12H2,1H3. The highest BCUT2D eigenvalue weighted by Gasteiger charge is 2.04. The topological polar surface area (TPSA) is 67.6 Å². The maximum Gasteiger partial charge on any atom is 0.130 e. The molecule has 4 heteroatoms. The third-order valence-electron chi connectivity index (χ3n) is 2.14. The van der Waals surface area contributed by atoms with Gasteiger partial charge < -0.3 is 10.7 Å². The Hall–Kier alpha value is -1.68. The van der Waals surface area contributed by atoms with Gasteiger partial charge >= 0.3 is 0 Å². The molecule has 0 aliphatic rings. The van der Waals surface area contributed by atoms with Crippen LogP contribution in [0.15, 0.2) is 24.4 Å². The van der Waals surface area contributed by atoms with Gasteiger partial charge in [0, 0.05) is 18.3 Å². The molecular weight excluding hydrogens is 188 g/mol. The van der Waals surface area contributed by atoms with Crippen LogP contribution in [-0.4, -0.2) is 21.5 Å². The van der Waals surface area contributed by atoms with Crippen LogP contribution in [0.4, 0.5) is 0 Å². The number of aromatic nitrogens is 3. The lowest BCUT2D eigenvalue weighted by atomic mass is 10.2. The molecule has 0 radical (unpaired) electrons. The number of aryl methyl sites for hydroxylation is 1. The van der Waals surface area contributed by atoms with Gasteiger partial charge in [0.15, 0.2) is 0 Å². The molecule has 0 aliphatic carbocycles. The molecule has 3 N–H and O–H groups in total. The monoisotopic (exact) mass is 202 g/mol. The molecule has 2 aromatic heterocycles. The molecule has 4 nitrogen and oxygen atoms in total. The van der Waals surface area contributed by atoms with E-state index in [4.69, 9.17) is 5.73 Å². The first-order valence-corrected chi connectivity index (χ1v) is 4.98. The van der Waals surface area contributed by atoms with Crippen molar-refractivity contribution in [3.05, 3.63) is 35.9 Å². The first-order chi connectivity index (χ1) is 7.29. The van der Waals surface area contributed by atoms with Gasteiger partial charge in [0.2, 0.25) is 0 Å². The molecule has 0 aromatic carbocycles. The normalized spacial score (nSPS) is 10.5. The Morgan fingerprint density at radius 2 is 2.27 bits per heavy atom. The molecule has 0 unspecified atom stereocenters. The first kappa shape index (κ1) is 9.86. The molecule has 0 aliphatic heterocycles. The van der Waals surface area contributed by atoms with Gasteiger partial charge in [-0.2, -0.15) is 0 Å². The minimum atomic E-state index is 0.577. The zero-order chi connectivity index (χ0) is 10.7. The fourth-order valence-electron chi connectivity index (χ4n) is 1.50. The van der Waals surface area contributed by atoms with Crippen molar-refractivity contribution in [3.63, 3.8) is 0 Å². The molecule has 2 rings (SSSR count). The Bertz CT molecular complexity index is 434. The van der Waals surface area contributed by atoms with Crippen LogP contribution in [0.2, 0.25) is 0 Å². The average molecular weight is 202 g/mol. The Kier molecular flexibility index (Phi) is 2.78. The fourth-order valence-corrected chi connectivity index (χ4v) is 1.50. The summed E-state index contributed by atoms with van der Waals surface area (Å²) >= 11 is 0. The van der Waals surface area contributed by atoms with E-state index in [9.17, 15) is 0 Å². The molecule has 2 aromatic rings. The molecular formula is C11H14N4. The van der Waals surface area contributed by atoms with Gasteiger partial charge in [-0.1, -0.05) is 0 Å². The van der Waals surface area contributed by atoms with E-state index in [1.54, 1.807) is 0 Å². The zero-order valence-electron chi connectivity index (χ0n) is 8.70. The second-order valence-corrected chi connectivity index (χ2v) is 3.43. The van der Waals surface area contributed by atoms with E-state index in [1.807, 2.05) is 31.3 Å². The van der Waals surface area contributed by atoms with Crippen LogP contribution in [-0.2, 0) is 6.42 Å². The van der Waals surface area contributed by atoms with Crippen molar-refractivity contribution in [2.45, 2.75) is 13.3 Å². The van der Waals surface area contributed by atoms with Crippen molar-refractivity contribution in [1.82, 2.24) is 15.0 Å². The van der Waals surface area contributed by atoms with Gasteiger partial charge in [0.1, 0.15) is 5.82 Å². The molecule has 15 heavy (non-hydrogen) atoms. The lowest BCUT2D eigenvalue weighted by molar-refractivity contribution is 0.857. The minimum absolute atomic E-state index is 0.577. The molecule has 0 amide bonds. The Morgan fingerprint density at radius 3 is 2.93 bits per heavy atom. The summed E-state index contributed by atoms with van der Waals surface area (Å²) in [5.41, 5.74) is 8.40. The third kappa shape index (κ3) is 2.22. The summed E-state index contributed by atoms with van der Waals surface area (Å²) in [5, 5.41) is 0. The van der Waals surface area contributed by atoms with E-state index < -0.39 is 0 Å². The van der Waals surface area contributed by atoms with E-state index in [0.717, 1.165) is 29.3 Å². The van der Waals surface area contributed by atoms with E-state index in [2.05, 4.69) is 15.0 Å². The number of rotatable bonds is 3. The van der Waals surface area contributed by atoms with Crippen molar-refractivity contribution < 1.29 is 0 Å². The predicted molar refractivity (Wildman–Crippen MR) is 59.3 cm³/mol. The summed E-state index contributed by atoms with van der Waals surface area (Å²) in [6, 6.07) is 5.91. The van der Waals surface area contributed by atoms with Crippen molar-refractivity contribution in [2.24, 2.45) is 5.73 Å². The SMILES string of the molecule is Cc1cc(-c2ccc[nH]2)nc(CCN)n1. The van der Waals surface area contributed by atoms with Gasteiger partial charge in [-0.25, -0.2) is 9.97 Å². The van der Waals surface area contributed by atoms with Crippen molar-refractivity contribution in [1.29, 1.82) is 0 Å². The molecule has 0 saturated heterocycles. The summed E-state index contributed by atoms with van der Waals surface area (Å²) in [7, 11) is 0. The number of H-pyrrole nitrogens is 1. The summed E-state index contributed by atoms with van der Waals surface area (Å²) in [6.45, 7) is 2.54. The Balaban J connectivity index is 2.40. The van der Waals surface area contributed by atoms with E-state index in [1.165, 1.54) is 0 Å². The van der Waals surface area contributed by atoms with Gasteiger partial charge in [0.05, 0.1) is 11.4 Å². The van der Waals surface area contributed by atoms with Gasteiger partial charge in [0.25, 0.3) is 0 Å². The second-order valence-electron chi connectivity index (χ2n) is 3.43. The number of nitrogens with one attached hydrogen (secondary N) is 1. The molecule has 0 saturated carbocycles. The lowest BCUT2D eigenvalue weighted by Crippen LogP contribution is -2.07. The van der Waals surface area contributed by atoms with Crippen molar-refractivity contribution >= 4 is 0 Å². The quantitative estimate of drug-likeness (QED) is 0.787. The average Bonchev–Trinajstić information content (AvgIpc) is 2.70. The largest absolute Gasteiger partial charge is 0.360 e. The third-order valence-corrected chi connectivity index (χ3v) is 2.14. The Labute approximate surface area is 88.6 Å². The second kappa shape index (κ2) is 4.23. The minimum Gasteiger partial charge on any atom is -0.360 e. The van der Waals surface area contributed by atoms with Gasteiger partial charge in [-0.15, -0.1) is 0 Å². The van der Waals surface area contributed by atoms with E-state index in [-0.39, 0.29) is 0 Å². The lowest BCUT2D eigenvalue weighted by Gasteiger charge is -2.03. The fraction of sp³-hybridized carbons (Fsp3) is 0.273. The molecule has 78 valence electrons. The van der Waals surface area contributed by atoms with E-state index >= 15 is 0 Å². The summed E-state index contributed by atoms with van der Waals surface area (Å²) < 4.78 is 0. The molecule has 2 heterocycles. The molecule has 0 fully saturated rings. The summed E-state index contributed by atoms with van der Waals surface area (Å²) in [6.07, 6.45) is 2.60.